The Morgan fingerprint density at radius 3 is 2.79 bits per heavy atom. The fourth-order valence-corrected chi connectivity index (χ4v) is 1.00. The van der Waals surface area contributed by atoms with E-state index < -0.39 is 0 Å². The number of nitrogens with zero attached hydrogens (tertiary/aromatic N) is 1. The highest BCUT2D eigenvalue weighted by Crippen LogP contribution is 1.94. The molecule has 1 rings (SSSR count). The van der Waals surface area contributed by atoms with Crippen LogP contribution in [0, 0.1) is 0 Å². The van der Waals surface area contributed by atoms with Gasteiger partial charge in [0.25, 0.3) is 0 Å². The van der Waals surface area contributed by atoms with Crippen LogP contribution in [0.25, 0.3) is 0 Å². The zero-order valence-corrected chi connectivity index (χ0v) is 8.29. The van der Waals surface area contributed by atoms with Gasteiger partial charge in [0.1, 0.15) is 0 Å². The summed E-state index contributed by atoms with van der Waals surface area (Å²) in [6.45, 7) is 3.72. The van der Waals surface area contributed by atoms with Crippen molar-refractivity contribution >= 4 is 5.91 Å². The van der Waals surface area contributed by atoms with Crippen molar-refractivity contribution in [3.05, 3.63) is 30.1 Å². The number of nitrogens with one attached hydrogen (secondary N) is 2. The molecule has 0 fully saturated rings. The Balaban J connectivity index is 2.24. The molecule has 4 nitrogen and oxygen atoms in total. The first-order valence-corrected chi connectivity index (χ1v) is 4.69. The maximum atomic E-state index is 11.2. The standard InChI is InChI=1S/C10H15N3O/c1-2-11-8-10(14)13-7-9-3-5-12-6-4-9/h3-6,11H,2,7-8H2,1H3,(H,13,14). The molecule has 0 aliphatic heterocycles. The van der Waals surface area contributed by atoms with Crippen molar-refractivity contribution in [3.63, 3.8) is 0 Å². The Kier molecular flexibility index (Phi) is 4.64. The first kappa shape index (κ1) is 10.7. The molecule has 4 heteroatoms. The first-order valence-electron chi connectivity index (χ1n) is 4.69. The van der Waals surface area contributed by atoms with E-state index in [0.717, 1.165) is 12.1 Å². The molecule has 0 radical (unpaired) electrons. The molecule has 1 amide bonds. The fraction of sp³-hybridized carbons (Fsp3) is 0.400. The summed E-state index contributed by atoms with van der Waals surface area (Å²) in [6.07, 6.45) is 3.43. The molecule has 0 aliphatic rings. The van der Waals surface area contributed by atoms with Crippen LogP contribution in [0.5, 0.6) is 0 Å². The zero-order chi connectivity index (χ0) is 10.2. The number of aromatic nitrogens is 1. The highest BCUT2D eigenvalue weighted by atomic mass is 16.1. The SMILES string of the molecule is CCNCC(=O)NCc1ccncc1. The number of hydrogen-bond acceptors (Lipinski definition) is 3. The molecule has 0 saturated carbocycles. The third-order valence-electron chi connectivity index (χ3n) is 1.77. The van der Waals surface area contributed by atoms with Crippen molar-refractivity contribution in [1.29, 1.82) is 0 Å². The number of carbonyl (C=O) groups is 1. The van der Waals surface area contributed by atoms with Crippen molar-refractivity contribution in [2.45, 2.75) is 13.5 Å². The van der Waals surface area contributed by atoms with Crippen LogP contribution < -0.4 is 10.6 Å². The quantitative estimate of drug-likeness (QED) is 0.707. The minimum absolute atomic E-state index is 0.0173. The summed E-state index contributed by atoms with van der Waals surface area (Å²) >= 11 is 0. The predicted octanol–water partition coefficient (Wildman–Crippen LogP) is 0.307. The lowest BCUT2D eigenvalue weighted by Gasteiger charge is -2.04. The topological polar surface area (TPSA) is 54.0 Å². The molecule has 0 saturated heterocycles. The van der Waals surface area contributed by atoms with Crippen molar-refractivity contribution in [2.24, 2.45) is 0 Å². The smallest absolute Gasteiger partial charge is 0.234 e. The van der Waals surface area contributed by atoms with E-state index in [4.69, 9.17) is 0 Å². The first-order chi connectivity index (χ1) is 6.83. The van der Waals surface area contributed by atoms with Gasteiger partial charge in [0.15, 0.2) is 0 Å². The van der Waals surface area contributed by atoms with E-state index >= 15 is 0 Å². The molecule has 1 heterocycles. The van der Waals surface area contributed by atoms with Crippen LogP contribution in [0.4, 0.5) is 0 Å². The van der Waals surface area contributed by atoms with Gasteiger partial charge < -0.3 is 10.6 Å². The van der Waals surface area contributed by atoms with Gasteiger partial charge in [-0.2, -0.15) is 0 Å². The molecule has 1 aromatic rings. The second-order valence-corrected chi connectivity index (χ2v) is 2.91. The molecule has 0 bridgehead atoms. The number of amides is 1. The molecule has 0 atom stereocenters. The Bertz CT molecular complexity index is 274. The molecular weight excluding hydrogens is 178 g/mol. The van der Waals surface area contributed by atoms with Crippen molar-refractivity contribution < 1.29 is 4.79 Å². The van der Waals surface area contributed by atoms with Gasteiger partial charge in [-0.05, 0) is 24.2 Å². The average molecular weight is 193 g/mol. The second kappa shape index (κ2) is 6.10. The molecule has 0 unspecified atom stereocenters. The van der Waals surface area contributed by atoms with E-state index in [-0.39, 0.29) is 5.91 Å². The maximum absolute atomic E-state index is 11.2. The fourth-order valence-electron chi connectivity index (χ4n) is 1.00. The third-order valence-corrected chi connectivity index (χ3v) is 1.77. The van der Waals surface area contributed by atoms with E-state index in [9.17, 15) is 4.79 Å². The van der Waals surface area contributed by atoms with E-state index in [1.165, 1.54) is 0 Å². The summed E-state index contributed by atoms with van der Waals surface area (Å²) in [6, 6.07) is 3.76. The Morgan fingerprint density at radius 2 is 2.14 bits per heavy atom. The summed E-state index contributed by atoms with van der Waals surface area (Å²) in [5.41, 5.74) is 1.06. The van der Waals surface area contributed by atoms with Crippen LogP contribution in [0.1, 0.15) is 12.5 Å². The highest BCUT2D eigenvalue weighted by Gasteiger charge is 1.98. The molecular formula is C10H15N3O. The van der Waals surface area contributed by atoms with Gasteiger partial charge >= 0.3 is 0 Å². The van der Waals surface area contributed by atoms with Crippen LogP contribution >= 0.6 is 0 Å². The number of carbonyl (C=O) groups excluding carboxylic acids is 1. The van der Waals surface area contributed by atoms with E-state index in [0.29, 0.717) is 13.1 Å². The van der Waals surface area contributed by atoms with Crippen LogP contribution in [0.2, 0.25) is 0 Å². The number of likely N-dealkylation sites (N-methyl/N-ethyl adjacent to an activating group) is 1. The van der Waals surface area contributed by atoms with Crippen LogP contribution in [0.15, 0.2) is 24.5 Å². The monoisotopic (exact) mass is 193 g/mol. The lowest BCUT2D eigenvalue weighted by molar-refractivity contribution is -0.120. The van der Waals surface area contributed by atoms with Gasteiger partial charge in [0.05, 0.1) is 6.54 Å². The normalized spacial score (nSPS) is 9.79. The number of pyridine rings is 1. The van der Waals surface area contributed by atoms with Crippen LogP contribution in [0.3, 0.4) is 0 Å². The van der Waals surface area contributed by atoms with Crippen molar-refractivity contribution in [2.75, 3.05) is 13.1 Å². The molecule has 2 N–H and O–H groups in total. The average Bonchev–Trinajstić information content (AvgIpc) is 2.25. The summed E-state index contributed by atoms with van der Waals surface area (Å²) < 4.78 is 0. The number of hydrogen-bond donors (Lipinski definition) is 2. The molecule has 76 valence electrons. The molecule has 0 aromatic carbocycles. The Hall–Kier alpha value is -1.42. The summed E-state index contributed by atoms with van der Waals surface area (Å²) in [7, 11) is 0. The predicted molar refractivity (Wildman–Crippen MR) is 54.6 cm³/mol. The lowest BCUT2D eigenvalue weighted by atomic mass is 10.3. The van der Waals surface area contributed by atoms with Crippen LogP contribution in [-0.2, 0) is 11.3 Å². The number of rotatable bonds is 5. The van der Waals surface area contributed by atoms with Crippen molar-refractivity contribution in [3.8, 4) is 0 Å². The van der Waals surface area contributed by atoms with Gasteiger partial charge in [-0.15, -0.1) is 0 Å². The summed E-state index contributed by atoms with van der Waals surface area (Å²) in [5, 5.41) is 5.76. The van der Waals surface area contributed by atoms with Gasteiger partial charge in [-0.25, -0.2) is 0 Å². The molecule has 0 aliphatic carbocycles. The lowest BCUT2D eigenvalue weighted by Crippen LogP contribution is -2.33. The van der Waals surface area contributed by atoms with Gasteiger partial charge in [-0.3, -0.25) is 9.78 Å². The zero-order valence-electron chi connectivity index (χ0n) is 8.29. The Morgan fingerprint density at radius 1 is 1.43 bits per heavy atom. The second-order valence-electron chi connectivity index (χ2n) is 2.91. The van der Waals surface area contributed by atoms with Crippen LogP contribution in [-0.4, -0.2) is 24.0 Å². The minimum Gasteiger partial charge on any atom is -0.351 e. The van der Waals surface area contributed by atoms with Crippen molar-refractivity contribution in [1.82, 2.24) is 15.6 Å². The molecule has 1 aromatic heterocycles. The van der Waals surface area contributed by atoms with Gasteiger partial charge in [0, 0.05) is 18.9 Å². The van der Waals surface area contributed by atoms with E-state index in [2.05, 4.69) is 15.6 Å². The highest BCUT2D eigenvalue weighted by molar-refractivity contribution is 5.77. The minimum atomic E-state index is 0.0173. The summed E-state index contributed by atoms with van der Waals surface area (Å²) in [4.78, 5) is 15.1. The van der Waals surface area contributed by atoms with Gasteiger partial charge in [-0.1, -0.05) is 6.92 Å². The summed E-state index contributed by atoms with van der Waals surface area (Å²) in [5.74, 6) is 0.0173. The Labute approximate surface area is 83.7 Å². The molecule has 14 heavy (non-hydrogen) atoms. The third kappa shape index (κ3) is 4.00. The van der Waals surface area contributed by atoms with E-state index in [1.54, 1.807) is 12.4 Å². The van der Waals surface area contributed by atoms with Gasteiger partial charge in [0.2, 0.25) is 5.91 Å². The largest absolute Gasteiger partial charge is 0.351 e. The maximum Gasteiger partial charge on any atom is 0.234 e. The molecule has 0 spiro atoms. The van der Waals surface area contributed by atoms with E-state index in [1.807, 2.05) is 19.1 Å².